The lowest BCUT2D eigenvalue weighted by molar-refractivity contribution is -0.155. The molecule has 2 saturated heterocycles. The highest BCUT2D eigenvalue weighted by Gasteiger charge is 2.28. The number of anilines is 2. The smallest absolute Gasteiger partial charge is 0.307 e. The second kappa shape index (κ2) is 9.14. The van der Waals surface area contributed by atoms with Crippen molar-refractivity contribution in [1.29, 1.82) is 0 Å². The molecule has 2 aliphatic heterocycles. The Bertz CT molecular complexity index is 625. The van der Waals surface area contributed by atoms with E-state index in [9.17, 15) is 4.79 Å². The van der Waals surface area contributed by atoms with Gasteiger partial charge in [0.1, 0.15) is 5.60 Å². The van der Waals surface area contributed by atoms with Crippen LogP contribution in [0.2, 0.25) is 0 Å². The van der Waals surface area contributed by atoms with Crippen LogP contribution in [0.5, 0.6) is 0 Å². The predicted molar refractivity (Wildman–Crippen MR) is 115 cm³/mol. The van der Waals surface area contributed by atoms with E-state index in [2.05, 4.69) is 26.8 Å². The van der Waals surface area contributed by atoms with Crippen molar-refractivity contribution in [1.82, 2.24) is 9.80 Å². The lowest BCUT2D eigenvalue weighted by Crippen LogP contribution is -2.53. The van der Waals surface area contributed by atoms with Gasteiger partial charge in [-0.25, -0.2) is 0 Å². The van der Waals surface area contributed by atoms with Gasteiger partial charge < -0.3 is 20.3 Å². The second-order valence-corrected chi connectivity index (χ2v) is 9.02. The minimum atomic E-state index is -0.392. The van der Waals surface area contributed by atoms with Gasteiger partial charge in [0.15, 0.2) is 0 Å². The molecule has 0 unspecified atom stereocenters. The normalized spacial score (nSPS) is 20.3. The molecule has 0 atom stereocenters. The molecule has 2 aliphatic rings. The number of carbonyl (C=O) groups excluding carboxylic acids is 1. The van der Waals surface area contributed by atoms with Crippen LogP contribution in [0.4, 0.5) is 11.4 Å². The zero-order valence-electron chi connectivity index (χ0n) is 17.7. The van der Waals surface area contributed by atoms with E-state index in [0.717, 1.165) is 51.5 Å². The van der Waals surface area contributed by atoms with Crippen LogP contribution in [0.15, 0.2) is 24.3 Å². The summed E-state index contributed by atoms with van der Waals surface area (Å²) in [6.45, 7) is 13.1. The van der Waals surface area contributed by atoms with E-state index in [-0.39, 0.29) is 5.97 Å². The van der Waals surface area contributed by atoms with Crippen LogP contribution in [0, 0.1) is 0 Å². The molecular weight excluding hydrogens is 352 g/mol. The van der Waals surface area contributed by atoms with Gasteiger partial charge in [-0.3, -0.25) is 9.69 Å². The lowest BCUT2D eigenvalue weighted by Gasteiger charge is -2.43. The van der Waals surface area contributed by atoms with Crippen LogP contribution in [-0.4, -0.2) is 73.2 Å². The molecule has 6 heteroatoms. The number of hydrogen-bond acceptors (Lipinski definition) is 6. The molecule has 28 heavy (non-hydrogen) atoms. The molecule has 156 valence electrons. The number of nitrogens with zero attached hydrogens (tertiary/aromatic N) is 3. The maximum absolute atomic E-state index is 11.9. The van der Waals surface area contributed by atoms with Crippen LogP contribution in [0.25, 0.3) is 0 Å². The van der Waals surface area contributed by atoms with Crippen molar-refractivity contribution in [3.63, 3.8) is 0 Å². The summed E-state index contributed by atoms with van der Waals surface area (Å²) in [4.78, 5) is 19.4. The largest absolute Gasteiger partial charge is 0.460 e. The molecule has 0 spiro atoms. The fourth-order valence-electron chi connectivity index (χ4n) is 4.17. The van der Waals surface area contributed by atoms with E-state index in [4.69, 9.17) is 10.5 Å². The maximum Gasteiger partial charge on any atom is 0.307 e. The molecule has 0 bridgehead atoms. The first-order valence-corrected chi connectivity index (χ1v) is 10.6. The first-order valence-electron chi connectivity index (χ1n) is 10.6. The molecule has 0 amide bonds. The fourth-order valence-corrected chi connectivity index (χ4v) is 4.17. The maximum atomic E-state index is 11.9. The highest BCUT2D eigenvalue weighted by Crippen LogP contribution is 2.24. The number of piperazine rings is 1. The van der Waals surface area contributed by atoms with Crippen molar-refractivity contribution in [3.05, 3.63) is 24.3 Å². The minimum absolute atomic E-state index is 0.0926. The van der Waals surface area contributed by atoms with Crippen molar-refractivity contribution in [3.8, 4) is 0 Å². The van der Waals surface area contributed by atoms with E-state index >= 15 is 0 Å². The highest BCUT2D eigenvalue weighted by molar-refractivity contribution is 5.70. The Balaban J connectivity index is 1.36. The number of piperidine rings is 1. The molecule has 0 saturated carbocycles. The minimum Gasteiger partial charge on any atom is -0.460 e. The van der Waals surface area contributed by atoms with Crippen LogP contribution in [0.3, 0.4) is 0 Å². The van der Waals surface area contributed by atoms with Crippen LogP contribution < -0.4 is 10.6 Å². The average Bonchev–Trinajstić information content (AvgIpc) is 2.66. The number of ether oxygens (including phenoxy) is 1. The summed E-state index contributed by atoms with van der Waals surface area (Å²) in [5, 5.41) is 0. The van der Waals surface area contributed by atoms with Gasteiger partial charge >= 0.3 is 5.97 Å². The van der Waals surface area contributed by atoms with Crippen molar-refractivity contribution < 1.29 is 9.53 Å². The first kappa shape index (κ1) is 20.9. The van der Waals surface area contributed by atoms with E-state index in [1.807, 2.05) is 32.9 Å². The summed E-state index contributed by atoms with van der Waals surface area (Å²) in [5.41, 5.74) is 7.51. The Hall–Kier alpha value is -1.79. The molecule has 2 fully saturated rings. The van der Waals surface area contributed by atoms with Crippen molar-refractivity contribution in [2.45, 2.75) is 51.7 Å². The Labute approximate surface area is 169 Å². The van der Waals surface area contributed by atoms with Crippen LogP contribution >= 0.6 is 0 Å². The van der Waals surface area contributed by atoms with E-state index in [1.54, 1.807) is 0 Å². The van der Waals surface area contributed by atoms with E-state index < -0.39 is 5.60 Å². The summed E-state index contributed by atoms with van der Waals surface area (Å²) < 4.78 is 5.41. The summed E-state index contributed by atoms with van der Waals surface area (Å²) in [5.74, 6) is -0.0926. The number of nitrogen functional groups attached to an aromatic ring is 1. The summed E-state index contributed by atoms with van der Waals surface area (Å²) >= 11 is 0. The van der Waals surface area contributed by atoms with Gasteiger partial charge in [0, 0.05) is 63.2 Å². The van der Waals surface area contributed by atoms with Gasteiger partial charge in [-0.2, -0.15) is 0 Å². The fraction of sp³-hybridized carbons (Fsp3) is 0.682. The SMILES string of the molecule is CC(C)(C)OC(=O)CCN1CCN(C2CCN(c3ccc(N)cc3)CC2)CC1. The van der Waals surface area contributed by atoms with Gasteiger partial charge in [-0.1, -0.05) is 0 Å². The third-order valence-electron chi connectivity index (χ3n) is 5.70. The number of carbonyl (C=O) groups is 1. The summed E-state index contributed by atoms with van der Waals surface area (Å²) in [6, 6.07) is 8.90. The zero-order valence-corrected chi connectivity index (χ0v) is 17.7. The zero-order chi connectivity index (χ0) is 20.1. The Morgan fingerprint density at radius 2 is 1.64 bits per heavy atom. The molecule has 1 aromatic carbocycles. The highest BCUT2D eigenvalue weighted by atomic mass is 16.6. The predicted octanol–water partition coefficient (Wildman–Crippen LogP) is 2.59. The molecule has 2 N–H and O–H groups in total. The third-order valence-corrected chi connectivity index (χ3v) is 5.70. The molecule has 0 aromatic heterocycles. The quantitative estimate of drug-likeness (QED) is 0.618. The second-order valence-electron chi connectivity index (χ2n) is 9.02. The summed E-state index contributed by atoms with van der Waals surface area (Å²) in [7, 11) is 0. The first-order chi connectivity index (χ1) is 13.3. The molecule has 2 heterocycles. The lowest BCUT2D eigenvalue weighted by atomic mass is 10.0. The van der Waals surface area contributed by atoms with Gasteiger partial charge in [-0.05, 0) is 57.9 Å². The van der Waals surface area contributed by atoms with E-state index in [1.165, 1.54) is 18.5 Å². The molecule has 3 rings (SSSR count). The molecular formula is C22H36N4O2. The molecule has 0 radical (unpaired) electrons. The van der Waals surface area contributed by atoms with Gasteiger partial charge in [-0.15, -0.1) is 0 Å². The molecule has 6 nitrogen and oxygen atoms in total. The number of nitrogens with two attached hydrogens (primary N) is 1. The van der Waals surface area contributed by atoms with E-state index in [0.29, 0.717) is 12.5 Å². The van der Waals surface area contributed by atoms with Crippen molar-refractivity contribution in [2.24, 2.45) is 0 Å². The molecule has 0 aliphatic carbocycles. The topological polar surface area (TPSA) is 62.0 Å². The monoisotopic (exact) mass is 388 g/mol. The third kappa shape index (κ3) is 6.11. The standard InChI is InChI=1S/C22H36N4O2/c1-22(2,3)28-21(27)10-11-24-14-16-26(17-15-24)20-8-12-25(13-9-20)19-6-4-18(23)5-7-19/h4-7,20H,8-17,23H2,1-3H3. The van der Waals surface area contributed by atoms with Crippen molar-refractivity contribution in [2.75, 3.05) is 56.4 Å². The van der Waals surface area contributed by atoms with Crippen molar-refractivity contribution >= 4 is 17.3 Å². The number of rotatable bonds is 5. The van der Waals surface area contributed by atoms with Gasteiger partial charge in [0.2, 0.25) is 0 Å². The summed E-state index contributed by atoms with van der Waals surface area (Å²) in [6.07, 6.45) is 2.90. The van der Waals surface area contributed by atoms with Gasteiger partial charge in [0.25, 0.3) is 0 Å². The Morgan fingerprint density at radius 3 is 2.21 bits per heavy atom. The number of benzene rings is 1. The van der Waals surface area contributed by atoms with Gasteiger partial charge in [0.05, 0.1) is 6.42 Å². The van der Waals surface area contributed by atoms with Crippen LogP contribution in [0.1, 0.15) is 40.0 Å². The van der Waals surface area contributed by atoms with Crippen LogP contribution in [-0.2, 0) is 9.53 Å². The average molecular weight is 389 g/mol. The number of esters is 1. The molecule has 1 aromatic rings. The number of hydrogen-bond donors (Lipinski definition) is 1. The Kier molecular flexibility index (Phi) is 6.83. The Morgan fingerprint density at radius 1 is 1.04 bits per heavy atom.